The number of nitrogen functional groups attached to an aromatic ring is 1. The summed E-state index contributed by atoms with van der Waals surface area (Å²) in [5.74, 6) is 1.47. The number of anilines is 2. The van der Waals surface area contributed by atoms with Crippen LogP contribution in [0.2, 0.25) is 0 Å². The van der Waals surface area contributed by atoms with Gasteiger partial charge in [-0.2, -0.15) is 0 Å². The molecule has 1 heterocycles. The third-order valence-electron chi connectivity index (χ3n) is 4.04. The van der Waals surface area contributed by atoms with E-state index in [1.54, 1.807) is 0 Å². The fourth-order valence-electron chi connectivity index (χ4n) is 2.81. The highest BCUT2D eigenvalue weighted by Crippen LogP contribution is 2.22. The van der Waals surface area contributed by atoms with E-state index in [9.17, 15) is 0 Å². The van der Waals surface area contributed by atoms with Crippen LogP contribution in [-0.2, 0) is 6.42 Å². The Morgan fingerprint density at radius 2 is 2.11 bits per heavy atom. The van der Waals surface area contributed by atoms with E-state index in [-0.39, 0.29) is 0 Å². The molecule has 0 amide bonds. The SMILES string of the molecule is CCc1c(N)ncnc1NCCN(C)C1CCCC1. The second-order valence-corrected chi connectivity index (χ2v) is 5.29. The van der Waals surface area contributed by atoms with E-state index in [2.05, 4.69) is 34.2 Å². The predicted octanol–water partition coefficient (Wildman–Crippen LogP) is 1.91. The molecular weight excluding hydrogens is 238 g/mol. The van der Waals surface area contributed by atoms with Crippen molar-refractivity contribution in [3.63, 3.8) is 0 Å². The second kappa shape index (κ2) is 6.70. The number of hydrogen-bond donors (Lipinski definition) is 2. The van der Waals surface area contributed by atoms with Gasteiger partial charge >= 0.3 is 0 Å². The summed E-state index contributed by atoms with van der Waals surface area (Å²) in [5.41, 5.74) is 6.88. The molecule has 0 aromatic carbocycles. The number of rotatable bonds is 6. The lowest BCUT2D eigenvalue weighted by Crippen LogP contribution is -2.33. The molecule has 3 N–H and O–H groups in total. The summed E-state index contributed by atoms with van der Waals surface area (Å²) >= 11 is 0. The van der Waals surface area contributed by atoms with Gasteiger partial charge in [0.15, 0.2) is 0 Å². The van der Waals surface area contributed by atoms with Gasteiger partial charge in [-0.1, -0.05) is 19.8 Å². The first-order chi connectivity index (χ1) is 9.22. The molecule has 1 fully saturated rings. The molecule has 2 rings (SSSR count). The van der Waals surface area contributed by atoms with E-state index in [4.69, 9.17) is 5.73 Å². The minimum absolute atomic E-state index is 0.587. The Labute approximate surface area is 115 Å². The lowest BCUT2D eigenvalue weighted by Gasteiger charge is -2.24. The maximum absolute atomic E-state index is 5.86. The fraction of sp³-hybridized carbons (Fsp3) is 0.714. The smallest absolute Gasteiger partial charge is 0.134 e. The fourth-order valence-corrected chi connectivity index (χ4v) is 2.81. The van der Waals surface area contributed by atoms with Gasteiger partial charge in [-0.3, -0.25) is 0 Å². The molecule has 0 saturated heterocycles. The second-order valence-electron chi connectivity index (χ2n) is 5.29. The van der Waals surface area contributed by atoms with Crippen molar-refractivity contribution in [3.8, 4) is 0 Å². The van der Waals surface area contributed by atoms with Gasteiger partial charge in [-0.05, 0) is 26.3 Å². The van der Waals surface area contributed by atoms with Crippen LogP contribution < -0.4 is 11.1 Å². The molecule has 106 valence electrons. The van der Waals surface area contributed by atoms with Gasteiger partial charge in [0.2, 0.25) is 0 Å². The zero-order valence-corrected chi connectivity index (χ0v) is 12.0. The molecule has 0 spiro atoms. The number of aromatic nitrogens is 2. The number of nitrogens with one attached hydrogen (secondary N) is 1. The van der Waals surface area contributed by atoms with Crippen molar-refractivity contribution in [2.45, 2.75) is 45.1 Å². The van der Waals surface area contributed by atoms with E-state index in [0.717, 1.165) is 36.9 Å². The van der Waals surface area contributed by atoms with Crippen LogP contribution in [-0.4, -0.2) is 41.0 Å². The summed E-state index contributed by atoms with van der Waals surface area (Å²) in [7, 11) is 2.22. The van der Waals surface area contributed by atoms with E-state index in [0.29, 0.717) is 5.82 Å². The van der Waals surface area contributed by atoms with Gasteiger partial charge in [0, 0.05) is 24.7 Å². The first kappa shape index (κ1) is 14.1. The summed E-state index contributed by atoms with van der Waals surface area (Å²) in [6.45, 7) is 4.01. The lowest BCUT2D eigenvalue weighted by molar-refractivity contribution is 0.254. The van der Waals surface area contributed by atoms with Crippen LogP contribution in [0.15, 0.2) is 6.33 Å². The van der Waals surface area contributed by atoms with E-state index in [1.807, 2.05) is 0 Å². The highest BCUT2D eigenvalue weighted by molar-refractivity contribution is 5.54. The van der Waals surface area contributed by atoms with E-state index >= 15 is 0 Å². The van der Waals surface area contributed by atoms with Crippen LogP contribution in [0.1, 0.15) is 38.2 Å². The molecule has 1 saturated carbocycles. The third kappa shape index (κ3) is 3.56. The number of likely N-dealkylation sites (N-methyl/N-ethyl adjacent to an activating group) is 1. The Bertz CT molecular complexity index is 401. The summed E-state index contributed by atoms with van der Waals surface area (Å²) in [6.07, 6.45) is 7.83. The quantitative estimate of drug-likeness (QED) is 0.820. The van der Waals surface area contributed by atoms with E-state index in [1.165, 1.54) is 32.0 Å². The molecule has 0 radical (unpaired) electrons. The van der Waals surface area contributed by atoms with Gasteiger partial charge in [-0.25, -0.2) is 9.97 Å². The van der Waals surface area contributed by atoms with Crippen molar-refractivity contribution in [2.75, 3.05) is 31.2 Å². The monoisotopic (exact) mass is 263 g/mol. The van der Waals surface area contributed by atoms with Crippen LogP contribution in [0.25, 0.3) is 0 Å². The molecule has 5 heteroatoms. The normalized spacial score (nSPS) is 16.2. The largest absolute Gasteiger partial charge is 0.383 e. The maximum atomic E-state index is 5.86. The highest BCUT2D eigenvalue weighted by Gasteiger charge is 2.18. The van der Waals surface area contributed by atoms with Crippen LogP contribution in [0.4, 0.5) is 11.6 Å². The molecule has 1 aliphatic carbocycles. The first-order valence-electron chi connectivity index (χ1n) is 7.25. The molecule has 0 bridgehead atoms. The van der Waals surface area contributed by atoms with Crippen LogP contribution in [0.3, 0.4) is 0 Å². The predicted molar refractivity (Wildman–Crippen MR) is 79.2 cm³/mol. The average Bonchev–Trinajstić information content (AvgIpc) is 2.93. The lowest BCUT2D eigenvalue weighted by atomic mass is 10.2. The minimum Gasteiger partial charge on any atom is -0.383 e. The van der Waals surface area contributed by atoms with Gasteiger partial charge in [0.1, 0.15) is 18.0 Å². The van der Waals surface area contributed by atoms with Crippen molar-refractivity contribution in [1.82, 2.24) is 14.9 Å². The Morgan fingerprint density at radius 1 is 1.37 bits per heavy atom. The summed E-state index contributed by atoms with van der Waals surface area (Å²) < 4.78 is 0. The standard InChI is InChI=1S/C14H25N5/c1-3-12-13(15)17-10-18-14(12)16-8-9-19(2)11-6-4-5-7-11/h10-11H,3-9H2,1-2H3,(H3,15,16,17,18). The average molecular weight is 263 g/mol. The zero-order valence-electron chi connectivity index (χ0n) is 12.0. The topological polar surface area (TPSA) is 67.1 Å². The van der Waals surface area contributed by atoms with Crippen molar-refractivity contribution < 1.29 is 0 Å². The molecule has 1 aliphatic rings. The van der Waals surface area contributed by atoms with Gasteiger partial charge in [-0.15, -0.1) is 0 Å². The molecule has 1 aromatic rings. The van der Waals surface area contributed by atoms with Crippen molar-refractivity contribution in [1.29, 1.82) is 0 Å². The Kier molecular flexibility index (Phi) is 4.96. The van der Waals surface area contributed by atoms with Crippen LogP contribution in [0.5, 0.6) is 0 Å². The van der Waals surface area contributed by atoms with Gasteiger partial charge in [0.05, 0.1) is 0 Å². The first-order valence-corrected chi connectivity index (χ1v) is 7.25. The molecular formula is C14H25N5. The number of nitrogens with two attached hydrogens (primary N) is 1. The van der Waals surface area contributed by atoms with Crippen LogP contribution >= 0.6 is 0 Å². The Balaban J connectivity index is 1.83. The molecule has 1 aromatic heterocycles. The zero-order chi connectivity index (χ0) is 13.7. The molecule has 5 nitrogen and oxygen atoms in total. The number of nitrogens with zero attached hydrogens (tertiary/aromatic N) is 3. The number of hydrogen-bond acceptors (Lipinski definition) is 5. The summed E-state index contributed by atoms with van der Waals surface area (Å²) in [5, 5.41) is 3.39. The van der Waals surface area contributed by atoms with Gasteiger partial charge < -0.3 is 16.0 Å². The Morgan fingerprint density at radius 3 is 2.79 bits per heavy atom. The van der Waals surface area contributed by atoms with Gasteiger partial charge in [0.25, 0.3) is 0 Å². The highest BCUT2D eigenvalue weighted by atomic mass is 15.2. The van der Waals surface area contributed by atoms with Crippen LogP contribution in [0, 0.1) is 0 Å². The van der Waals surface area contributed by atoms with E-state index < -0.39 is 0 Å². The molecule has 0 atom stereocenters. The molecule has 19 heavy (non-hydrogen) atoms. The summed E-state index contributed by atoms with van der Waals surface area (Å²) in [4.78, 5) is 10.8. The minimum atomic E-state index is 0.587. The molecule has 0 unspecified atom stereocenters. The summed E-state index contributed by atoms with van der Waals surface area (Å²) in [6, 6.07) is 0.767. The van der Waals surface area contributed by atoms with Crippen molar-refractivity contribution in [3.05, 3.63) is 11.9 Å². The maximum Gasteiger partial charge on any atom is 0.134 e. The third-order valence-corrected chi connectivity index (χ3v) is 4.04. The van der Waals surface area contributed by atoms with Crippen molar-refractivity contribution >= 4 is 11.6 Å². The Hall–Kier alpha value is -1.36. The van der Waals surface area contributed by atoms with Crippen molar-refractivity contribution in [2.24, 2.45) is 0 Å². The molecule has 0 aliphatic heterocycles.